The topological polar surface area (TPSA) is 67.5 Å². The lowest BCUT2D eigenvalue weighted by Gasteiger charge is -2.21. The Balaban J connectivity index is 2.25. The quantitative estimate of drug-likeness (QED) is 0.820. The fourth-order valence-electron chi connectivity index (χ4n) is 2.43. The minimum atomic E-state index is -0.342. The van der Waals surface area contributed by atoms with Gasteiger partial charge in [-0.25, -0.2) is 4.79 Å². The van der Waals surface area contributed by atoms with Crippen LogP contribution in [0.1, 0.15) is 11.1 Å². The number of hydrogen-bond donors (Lipinski definition) is 1. The van der Waals surface area contributed by atoms with Gasteiger partial charge in [0.2, 0.25) is 0 Å². The van der Waals surface area contributed by atoms with Crippen molar-refractivity contribution in [3.63, 3.8) is 0 Å². The first-order valence-corrected chi connectivity index (χ1v) is 7.15. The lowest BCUT2D eigenvalue weighted by molar-refractivity contribution is 0.183. The Labute approximate surface area is 128 Å². The van der Waals surface area contributed by atoms with Gasteiger partial charge in [-0.2, -0.15) is 0 Å². The van der Waals surface area contributed by atoms with E-state index in [9.17, 15) is 14.7 Å². The maximum atomic E-state index is 12.2. The van der Waals surface area contributed by atoms with Crippen LogP contribution in [0.2, 0.25) is 0 Å². The predicted molar refractivity (Wildman–Crippen MR) is 84.6 cm³/mol. The lowest BCUT2D eigenvalue weighted by atomic mass is 10.2. The van der Waals surface area contributed by atoms with Gasteiger partial charge in [0.25, 0.3) is 5.56 Å². The largest absolute Gasteiger partial charge is 0.395 e. The average molecular weight is 303 g/mol. The molecule has 6 nitrogen and oxygen atoms in total. The molecular formula is C16H21N3O3. The molecule has 0 aliphatic carbocycles. The van der Waals surface area contributed by atoms with Gasteiger partial charge in [-0.3, -0.25) is 14.3 Å². The molecule has 0 radical (unpaired) electrons. The molecule has 0 amide bonds. The molecule has 1 heterocycles. The van der Waals surface area contributed by atoms with E-state index in [0.717, 1.165) is 10.1 Å². The van der Waals surface area contributed by atoms with Crippen LogP contribution in [-0.2, 0) is 27.2 Å². The first-order valence-electron chi connectivity index (χ1n) is 7.15. The van der Waals surface area contributed by atoms with Crippen LogP contribution in [0, 0.1) is 0 Å². The molecule has 6 heteroatoms. The van der Waals surface area contributed by atoms with E-state index in [1.807, 2.05) is 35.2 Å². The van der Waals surface area contributed by atoms with Gasteiger partial charge in [0.15, 0.2) is 0 Å². The molecule has 0 aliphatic heterocycles. The summed E-state index contributed by atoms with van der Waals surface area (Å²) in [5, 5.41) is 9.24. The zero-order chi connectivity index (χ0) is 16.1. The summed E-state index contributed by atoms with van der Waals surface area (Å²) < 4.78 is 2.51. The first-order chi connectivity index (χ1) is 10.5. The van der Waals surface area contributed by atoms with Crippen molar-refractivity contribution in [1.82, 2.24) is 14.0 Å². The predicted octanol–water partition coefficient (Wildman–Crippen LogP) is 0.0785. The van der Waals surface area contributed by atoms with Gasteiger partial charge < -0.3 is 9.67 Å². The van der Waals surface area contributed by atoms with Crippen molar-refractivity contribution in [3.8, 4) is 0 Å². The highest BCUT2D eigenvalue weighted by Crippen LogP contribution is 2.07. The van der Waals surface area contributed by atoms with Crippen molar-refractivity contribution >= 4 is 0 Å². The number of nitrogens with zero attached hydrogens (tertiary/aromatic N) is 3. The van der Waals surface area contributed by atoms with E-state index in [1.54, 1.807) is 13.2 Å². The maximum absolute atomic E-state index is 12.2. The number of aromatic nitrogens is 2. The minimum absolute atomic E-state index is 0.0128. The molecule has 0 aliphatic rings. The second kappa shape index (κ2) is 7.20. The zero-order valence-electron chi connectivity index (χ0n) is 12.9. The third kappa shape index (κ3) is 3.72. The molecule has 1 aromatic heterocycles. The van der Waals surface area contributed by atoms with Gasteiger partial charge in [-0.1, -0.05) is 30.3 Å². The molecule has 1 aromatic carbocycles. The Morgan fingerprint density at radius 1 is 1.09 bits per heavy atom. The molecule has 0 unspecified atom stereocenters. The summed E-state index contributed by atoms with van der Waals surface area (Å²) in [7, 11) is 3.10. The molecule has 1 N–H and O–H groups in total. The van der Waals surface area contributed by atoms with Gasteiger partial charge in [-0.15, -0.1) is 0 Å². The van der Waals surface area contributed by atoms with Crippen molar-refractivity contribution in [1.29, 1.82) is 0 Å². The molecule has 22 heavy (non-hydrogen) atoms. The third-order valence-electron chi connectivity index (χ3n) is 3.58. The number of benzene rings is 1. The Morgan fingerprint density at radius 3 is 2.41 bits per heavy atom. The van der Waals surface area contributed by atoms with Crippen LogP contribution >= 0.6 is 0 Å². The van der Waals surface area contributed by atoms with Crippen molar-refractivity contribution in [2.45, 2.75) is 13.1 Å². The zero-order valence-corrected chi connectivity index (χ0v) is 12.9. The molecule has 0 atom stereocenters. The summed E-state index contributed by atoms with van der Waals surface area (Å²) in [6, 6.07) is 9.87. The van der Waals surface area contributed by atoms with Gasteiger partial charge in [-0.05, 0) is 5.56 Å². The Morgan fingerprint density at radius 2 is 1.77 bits per heavy atom. The number of aliphatic hydroxyl groups is 1. The third-order valence-corrected chi connectivity index (χ3v) is 3.58. The SMILES string of the molecule is Cn1cc(CN(CCO)Cc2ccccc2)c(=O)n(C)c1=O. The van der Waals surface area contributed by atoms with Crippen LogP contribution in [0.15, 0.2) is 46.1 Å². The monoisotopic (exact) mass is 303 g/mol. The van der Waals surface area contributed by atoms with E-state index < -0.39 is 0 Å². The number of hydrogen-bond acceptors (Lipinski definition) is 4. The van der Waals surface area contributed by atoms with Crippen molar-refractivity contribution in [2.75, 3.05) is 13.2 Å². The fraction of sp³-hybridized carbons (Fsp3) is 0.375. The molecule has 0 fully saturated rings. The molecule has 118 valence electrons. The number of rotatable bonds is 6. The highest BCUT2D eigenvalue weighted by Gasteiger charge is 2.12. The summed E-state index contributed by atoms with van der Waals surface area (Å²) in [4.78, 5) is 25.9. The highest BCUT2D eigenvalue weighted by molar-refractivity contribution is 5.15. The number of aryl methyl sites for hydroxylation is 1. The average Bonchev–Trinajstić information content (AvgIpc) is 2.52. The first kappa shape index (κ1) is 16.2. The highest BCUT2D eigenvalue weighted by atomic mass is 16.3. The van der Waals surface area contributed by atoms with Gasteiger partial charge in [0.05, 0.1) is 6.61 Å². The van der Waals surface area contributed by atoms with Crippen LogP contribution < -0.4 is 11.2 Å². The molecule has 2 rings (SSSR count). The second-order valence-electron chi connectivity index (χ2n) is 5.33. The normalized spacial score (nSPS) is 11.1. The Hall–Kier alpha value is -2.18. The summed E-state index contributed by atoms with van der Waals surface area (Å²) >= 11 is 0. The van der Waals surface area contributed by atoms with Crippen molar-refractivity contribution in [2.24, 2.45) is 14.1 Å². The van der Waals surface area contributed by atoms with Crippen molar-refractivity contribution in [3.05, 3.63) is 68.5 Å². The van der Waals surface area contributed by atoms with E-state index >= 15 is 0 Å². The number of aliphatic hydroxyl groups excluding tert-OH is 1. The van der Waals surface area contributed by atoms with E-state index in [2.05, 4.69) is 0 Å². The molecular weight excluding hydrogens is 282 g/mol. The van der Waals surface area contributed by atoms with E-state index in [-0.39, 0.29) is 17.9 Å². The maximum Gasteiger partial charge on any atom is 0.330 e. The van der Waals surface area contributed by atoms with Crippen LogP contribution in [-0.4, -0.2) is 32.3 Å². The van der Waals surface area contributed by atoms with Gasteiger partial charge in [0.1, 0.15) is 0 Å². The fourth-order valence-corrected chi connectivity index (χ4v) is 2.43. The smallest absolute Gasteiger partial charge is 0.330 e. The van der Waals surface area contributed by atoms with E-state index in [1.165, 1.54) is 11.6 Å². The van der Waals surface area contributed by atoms with Gasteiger partial charge >= 0.3 is 5.69 Å². The molecule has 0 saturated carbocycles. The van der Waals surface area contributed by atoms with E-state index in [4.69, 9.17) is 0 Å². The molecule has 0 bridgehead atoms. The van der Waals surface area contributed by atoms with Gasteiger partial charge in [0, 0.05) is 45.5 Å². The molecule has 0 saturated heterocycles. The van der Waals surface area contributed by atoms with Crippen molar-refractivity contribution < 1.29 is 5.11 Å². The molecule has 0 spiro atoms. The van der Waals surface area contributed by atoms with Crippen LogP contribution in [0.4, 0.5) is 0 Å². The Kier molecular flexibility index (Phi) is 5.30. The Bertz CT molecular complexity index is 735. The van der Waals surface area contributed by atoms with E-state index in [0.29, 0.717) is 25.2 Å². The second-order valence-corrected chi connectivity index (χ2v) is 5.33. The summed E-state index contributed by atoms with van der Waals surface area (Å²) in [5.74, 6) is 0. The van der Waals surface area contributed by atoms with Crippen LogP contribution in [0.3, 0.4) is 0 Å². The summed E-state index contributed by atoms with van der Waals surface area (Å²) in [6.45, 7) is 1.49. The summed E-state index contributed by atoms with van der Waals surface area (Å²) in [6.07, 6.45) is 1.57. The standard InChI is InChI=1S/C16H21N3O3/c1-17-11-14(15(21)18(2)16(17)22)12-19(8-9-20)10-13-6-4-3-5-7-13/h3-7,11,20H,8-10,12H2,1-2H3. The lowest BCUT2D eigenvalue weighted by Crippen LogP contribution is -2.40. The summed E-state index contributed by atoms with van der Waals surface area (Å²) in [5.41, 5.74) is 1.01. The van der Waals surface area contributed by atoms with Crippen LogP contribution in [0.5, 0.6) is 0 Å². The molecule has 2 aromatic rings. The van der Waals surface area contributed by atoms with Crippen LogP contribution in [0.25, 0.3) is 0 Å². The minimum Gasteiger partial charge on any atom is -0.395 e.